The van der Waals surface area contributed by atoms with E-state index in [1.165, 1.54) is 0 Å². The number of pyridine rings is 1. The number of hydrogen-bond donors (Lipinski definition) is 2. The van der Waals surface area contributed by atoms with Gasteiger partial charge in [0.15, 0.2) is 0 Å². The van der Waals surface area contributed by atoms with Crippen LogP contribution in [0.1, 0.15) is 26.0 Å². The van der Waals surface area contributed by atoms with Crippen molar-refractivity contribution in [3.05, 3.63) is 30.0 Å². The SMILES string of the molecule is COCCC(=O)NC(C)(C)COc1cccc2nc(C)cc(N)c12. The lowest BCUT2D eigenvalue weighted by Gasteiger charge is -2.26. The number of hydrogen-bond acceptors (Lipinski definition) is 5. The van der Waals surface area contributed by atoms with Crippen LogP contribution in [0.5, 0.6) is 5.75 Å². The van der Waals surface area contributed by atoms with Gasteiger partial charge in [0.2, 0.25) is 5.91 Å². The fourth-order valence-electron chi connectivity index (χ4n) is 2.47. The van der Waals surface area contributed by atoms with Crippen molar-refractivity contribution in [3.8, 4) is 5.75 Å². The van der Waals surface area contributed by atoms with Gasteiger partial charge in [-0.1, -0.05) is 6.07 Å². The van der Waals surface area contributed by atoms with Crippen LogP contribution in [0.3, 0.4) is 0 Å². The second-order valence-corrected chi connectivity index (χ2v) is 6.47. The maximum atomic E-state index is 11.9. The van der Waals surface area contributed by atoms with E-state index in [-0.39, 0.29) is 5.91 Å². The van der Waals surface area contributed by atoms with Crippen LogP contribution in [-0.2, 0) is 9.53 Å². The number of amides is 1. The summed E-state index contributed by atoms with van der Waals surface area (Å²) in [5.74, 6) is 0.594. The quantitative estimate of drug-likeness (QED) is 0.814. The first-order valence-corrected chi connectivity index (χ1v) is 7.91. The third kappa shape index (κ3) is 4.58. The standard InChI is InChI=1S/C18H25N3O3/c1-12-10-13(19)17-14(20-12)6-5-7-15(17)24-11-18(2,3)21-16(22)8-9-23-4/h5-7,10H,8-9,11H2,1-4H3,(H2,19,20)(H,21,22). The van der Waals surface area contributed by atoms with Crippen LogP contribution in [0.25, 0.3) is 10.9 Å². The van der Waals surface area contributed by atoms with Crippen molar-refractivity contribution in [2.45, 2.75) is 32.7 Å². The van der Waals surface area contributed by atoms with Crippen molar-refractivity contribution in [1.82, 2.24) is 10.3 Å². The molecule has 0 spiro atoms. The van der Waals surface area contributed by atoms with Gasteiger partial charge in [0.05, 0.1) is 23.0 Å². The molecule has 0 aliphatic heterocycles. The highest BCUT2D eigenvalue weighted by Gasteiger charge is 2.22. The number of carbonyl (C=O) groups excluding carboxylic acids is 1. The summed E-state index contributed by atoms with van der Waals surface area (Å²) in [7, 11) is 1.57. The van der Waals surface area contributed by atoms with E-state index in [0.717, 1.165) is 16.6 Å². The number of ether oxygens (including phenoxy) is 2. The zero-order valence-electron chi connectivity index (χ0n) is 14.7. The lowest BCUT2D eigenvalue weighted by molar-refractivity contribution is -0.123. The maximum Gasteiger partial charge on any atom is 0.222 e. The Morgan fingerprint density at radius 3 is 2.83 bits per heavy atom. The molecule has 130 valence electrons. The summed E-state index contributed by atoms with van der Waals surface area (Å²) in [5.41, 5.74) is 7.91. The average Bonchev–Trinajstić information content (AvgIpc) is 2.50. The number of nitrogens with two attached hydrogens (primary N) is 1. The number of benzene rings is 1. The van der Waals surface area contributed by atoms with Crippen LogP contribution >= 0.6 is 0 Å². The van der Waals surface area contributed by atoms with E-state index in [1.54, 1.807) is 7.11 Å². The summed E-state index contributed by atoms with van der Waals surface area (Å²) in [4.78, 5) is 16.3. The van der Waals surface area contributed by atoms with E-state index in [9.17, 15) is 4.79 Å². The summed E-state index contributed by atoms with van der Waals surface area (Å²) < 4.78 is 10.9. The van der Waals surface area contributed by atoms with Crippen molar-refractivity contribution in [2.24, 2.45) is 0 Å². The number of anilines is 1. The average molecular weight is 331 g/mol. The summed E-state index contributed by atoms with van der Waals surface area (Å²) in [5, 5.41) is 3.74. The molecule has 0 aliphatic carbocycles. The van der Waals surface area contributed by atoms with Gasteiger partial charge in [-0.25, -0.2) is 0 Å². The molecule has 1 amide bonds. The fourth-order valence-corrected chi connectivity index (χ4v) is 2.47. The Kier molecular flexibility index (Phi) is 5.62. The Balaban J connectivity index is 2.11. The van der Waals surface area contributed by atoms with E-state index in [0.29, 0.717) is 31.1 Å². The largest absolute Gasteiger partial charge is 0.490 e. The zero-order valence-corrected chi connectivity index (χ0v) is 14.7. The first-order valence-electron chi connectivity index (χ1n) is 7.91. The van der Waals surface area contributed by atoms with Gasteiger partial charge in [-0.3, -0.25) is 9.78 Å². The maximum absolute atomic E-state index is 11.9. The Hall–Kier alpha value is -2.34. The molecule has 0 saturated heterocycles. The van der Waals surface area contributed by atoms with Crippen LogP contribution in [0.4, 0.5) is 5.69 Å². The van der Waals surface area contributed by atoms with Gasteiger partial charge in [-0.2, -0.15) is 0 Å². The van der Waals surface area contributed by atoms with Gasteiger partial charge in [-0.15, -0.1) is 0 Å². The second kappa shape index (κ2) is 7.49. The number of aryl methyl sites for hydroxylation is 1. The van der Waals surface area contributed by atoms with Gasteiger partial charge >= 0.3 is 0 Å². The Labute approximate surface area is 142 Å². The van der Waals surface area contributed by atoms with Crippen LogP contribution in [0.15, 0.2) is 24.3 Å². The Bertz CT molecular complexity index is 729. The number of nitrogens with one attached hydrogen (secondary N) is 1. The normalized spacial score (nSPS) is 11.5. The van der Waals surface area contributed by atoms with E-state index in [1.807, 2.05) is 45.0 Å². The fraction of sp³-hybridized carbons (Fsp3) is 0.444. The first kappa shape index (κ1) is 18.0. The van der Waals surface area contributed by atoms with E-state index in [2.05, 4.69) is 10.3 Å². The minimum absolute atomic E-state index is 0.0693. The predicted octanol–water partition coefficient (Wildman–Crippen LogP) is 2.44. The summed E-state index contributed by atoms with van der Waals surface area (Å²) >= 11 is 0. The molecule has 6 nitrogen and oxygen atoms in total. The molecule has 1 heterocycles. The van der Waals surface area contributed by atoms with Crippen molar-refractivity contribution in [2.75, 3.05) is 26.1 Å². The third-order valence-electron chi connectivity index (χ3n) is 3.55. The number of nitrogens with zero attached hydrogens (tertiary/aromatic N) is 1. The number of rotatable bonds is 7. The molecule has 1 aromatic carbocycles. The van der Waals surface area contributed by atoms with Crippen molar-refractivity contribution in [3.63, 3.8) is 0 Å². The van der Waals surface area contributed by atoms with Crippen molar-refractivity contribution < 1.29 is 14.3 Å². The number of aromatic nitrogens is 1. The van der Waals surface area contributed by atoms with Crippen LogP contribution in [0, 0.1) is 6.92 Å². The van der Waals surface area contributed by atoms with Crippen LogP contribution < -0.4 is 15.8 Å². The molecule has 2 aromatic rings. The predicted molar refractivity (Wildman–Crippen MR) is 95.1 cm³/mol. The van der Waals surface area contributed by atoms with E-state index >= 15 is 0 Å². The molecule has 0 atom stereocenters. The molecular formula is C18H25N3O3. The monoisotopic (exact) mass is 331 g/mol. The molecular weight excluding hydrogens is 306 g/mol. The second-order valence-electron chi connectivity index (χ2n) is 6.47. The molecule has 24 heavy (non-hydrogen) atoms. The van der Waals surface area contributed by atoms with Gasteiger partial charge < -0.3 is 20.5 Å². The third-order valence-corrected chi connectivity index (χ3v) is 3.55. The van der Waals surface area contributed by atoms with Gasteiger partial charge in [-0.05, 0) is 39.0 Å². The lowest BCUT2D eigenvalue weighted by atomic mass is 10.1. The summed E-state index contributed by atoms with van der Waals surface area (Å²) in [6.45, 7) is 6.44. The number of nitrogen functional groups attached to an aromatic ring is 1. The Morgan fingerprint density at radius 1 is 1.38 bits per heavy atom. The molecule has 1 aromatic heterocycles. The Morgan fingerprint density at radius 2 is 2.12 bits per heavy atom. The van der Waals surface area contributed by atoms with Crippen LogP contribution in [0.2, 0.25) is 0 Å². The molecule has 0 fully saturated rings. The van der Waals surface area contributed by atoms with Crippen molar-refractivity contribution in [1.29, 1.82) is 0 Å². The molecule has 0 bridgehead atoms. The summed E-state index contributed by atoms with van der Waals surface area (Å²) in [6.07, 6.45) is 0.324. The zero-order chi connectivity index (χ0) is 17.7. The highest BCUT2D eigenvalue weighted by Crippen LogP contribution is 2.30. The van der Waals surface area contributed by atoms with Gasteiger partial charge in [0.25, 0.3) is 0 Å². The van der Waals surface area contributed by atoms with E-state index < -0.39 is 5.54 Å². The molecule has 0 saturated carbocycles. The highest BCUT2D eigenvalue weighted by molar-refractivity contribution is 5.95. The van der Waals surface area contributed by atoms with E-state index in [4.69, 9.17) is 15.2 Å². The molecule has 3 N–H and O–H groups in total. The number of methoxy groups -OCH3 is 1. The number of carbonyl (C=O) groups is 1. The van der Waals surface area contributed by atoms with Crippen molar-refractivity contribution >= 4 is 22.5 Å². The van der Waals surface area contributed by atoms with Crippen LogP contribution in [-0.4, -0.2) is 36.8 Å². The minimum atomic E-state index is -0.514. The molecule has 0 aliphatic rings. The molecule has 0 unspecified atom stereocenters. The molecule has 2 rings (SSSR count). The van der Waals surface area contributed by atoms with Gasteiger partial charge in [0.1, 0.15) is 12.4 Å². The topological polar surface area (TPSA) is 86.5 Å². The van der Waals surface area contributed by atoms with Gasteiger partial charge in [0, 0.05) is 24.9 Å². The molecule has 6 heteroatoms. The molecule has 0 radical (unpaired) electrons. The minimum Gasteiger partial charge on any atom is -0.490 e. The summed E-state index contributed by atoms with van der Waals surface area (Å²) in [6, 6.07) is 7.47. The first-order chi connectivity index (χ1) is 11.3. The lowest BCUT2D eigenvalue weighted by Crippen LogP contribution is -2.48. The smallest absolute Gasteiger partial charge is 0.222 e. The number of fused-ring (bicyclic) bond motifs is 1. The highest BCUT2D eigenvalue weighted by atomic mass is 16.5.